The first-order chi connectivity index (χ1) is 11.4. The highest BCUT2D eigenvalue weighted by atomic mass is 35.5. The van der Waals surface area contributed by atoms with E-state index in [0.717, 1.165) is 32.0 Å². The molecule has 142 valence electrons. The van der Waals surface area contributed by atoms with Crippen LogP contribution in [0.1, 0.15) is 19.8 Å². The van der Waals surface area contributed by atoms with Crippen LogP contribution in [0.5, 0.6) is 5.75 Å². The van der Waals surface area contributed by atoms with Gasteiger partial charge in [0.05, 0.1) is 18.1 Å². The Labute approximate surface area is 154 Å². The number of ether oxygens (including phenoxy) is 1. The molecule has 0 saturated carbocycles. The Morgan fingerprint density at radius 1 is 1.36 bits per heavy atom. The minimum absolute atomic E-state index is 0. The minimum Gasteiger partial charge on any atom is -0.497 e. The van der Waals surface area contributed by atoms with Crippen molar-refractivity contribution in [1.29, 1.82) is 0 Å². The molecule has 1 fully saturated rings. The predicted octanol–water partition coefficient (Wildman–Crippen LogP) is 2.04. The molecule has 8 nitrogen and oxygen atoms in total. The maximum atomic E-state index is 12.8. The number of piperidine rings is 1. The van der Waals surface area contributed by atoms with Crippen molar-refractivity contribution in [2.45, 2.75) is 24.7 Å². The number of methoxy groups -OCH3 is 1. The van der Waals surface area contributed by atoms with Gasteiger partial charge in [-0.3, -0.25) is 10.1 Å². The Bertz CT molecular complexity index is 690. The van der Waals surface area contributed by atoms with Gasteiger partial charge >= 0.3 is 0 Å². The third-order valence-corrected chi connectivity index (χ3v) is 6.18. The second kappa shape index (κ2) is 9.33. The van der Waals surface area contributed by atoms with Gasteiger partial charge in [-0.2, -0.15) is 4.31 Å². The molecule has 0 aliphatic carbocycles. The summed E-state index contributed by atoms with van der Waals surface area (Å²) >= 11 is 0. The zero-order valence-corrected chi connectivity index (χ0v) is 15.9. The van der Waals surface area contributed by atoms with Gasteiger partial charge in [0.15, 0.2) is 4.90 Å². The van der Waals surface area contributed by atoms with Crippen LogP contribution in [-0.2, 0) is 10.0 Å². The van der Waals surface area contributed by atoms with Gasteiger partial charge < -0.3 is 10.1 Å². The summed E-state index contributed by atoms with van der Waals surface area (Å²) in [4.78, 5) is 10.3. The number of nitrogens with zero attached hydrogens (tertiary/aromatic N) is 2. The average molecular weight is 394 g/mol. The van der Waals surface area contributed by atoms with Crippen LogP contribution < -0.4 is 10.1 Å². The predicted molar refractivity (Wildman–Crippen MR) is 96.9 cm³/mol. The van der Waals surface area contributed by atoms with E-state index in [1.54, 1.807) is 0 Å². The van der Waals surface area contributed by atoms with Crippen LogP contribution in [0, 0.1) is 16.0 Å². The third-order valence-electron chi connectivity index (χ3n) is 4.24. The van der Waals surface area contributed by atoms with E-state index in [4.69, 9.17) is 4.74 Å². The second-order valence-electron chi connectivity index (χ2n) is 5.75. The Balaban J connectivity index is 0.00000312. The number of nitrogens with one attached hydrogen (secondary N) is 1. The van der Waals surface area contributed by atoms with Crippen LogP contribution in [0.4, 0.5) is 5.69 Å². The zero-order valence-electron chi connectivity index (χ0n) is 14.3. The first-order valence-corrected chi connectivity index (χ1v) is 9.37. The minimum atomic E-state index is -3.89. The molecule has 25 heavy (non-hydrogen) atoms. The van der Waals surface area contributed by atoms with Crippen molar-refractivity contribution in [2.24, 2.45) is 5.92 Å². The van der Waals surface area contributed by atoms with Crippen molar-refractivity contribution in [3.63, 3.8) is 0 Å². The lowest BCUT2D eigenvalue weighted by molar-refractivity contribution is -0.387. The summed E-state index contributed by atoms with van der Waals surface area (Å²) in [5, 5.41) is 14.5. The molecule has 1 heterocycles. The number of sulfonamides is 1. The van der Waals surface area contributed by atoms with Gasteiger partial charge in [-0.25, -0.2) is 8.42 Å². The van der Waals surface area contributed by atoms with Gasteiger partial charge in [0.25, 0.3) is 5.69 Å². The molecule has 0 atom stereocenters. The molecule has 0 amide bonds. The smallest absolute Gasteiger partial charge is 0.293 e. The molecule has 1 aromatic rings. The van der Waals surface area contributed by atoms with E-state index in [9.17, 15) is 18.5 Å². The lowest BCUT2D eigenvalue weighted by Gasteiger charge is -2.31. The van der Waals surface area contributed by atoms with Crippen LogP contribution in [0.2, 0.25) is 0 Å². The molecule has 0 aromatic heterocycles. The van der Waals surface area contributed by atoms with E-state index in [0.29, 0.717) is 19.0 Å². The maximum absolute atomic E-state index is 12.8. The molecular formula is C15H24ClN3O5S. The molecule has 1 aliphatic heterocycles. The van der Waals surface area contributed by atoms with Gasteiger partial charge in [0.1, 0.15) is 5.75 Å². The van der Waals surface area contributed by atoms with Gasteiger partial charge in [0, 0.05) is 13.1 Å². The molecule has 1 aliphatic rings. The largest absolute Gasteiger partial charge is 0.497 e. The van der Waals surface area contributed by atoms with E-state index in [2.05, 4.69) is 5.32 Å². The Hall–Kier alpha value is -1.42. The molecule has 1 aromatic carbocycles. The van der Waals surface area contributed by atoms with Crippen molar-refractivity contribution < 1.29 is 18.1 Å². The van der Waals surface area contributed by atoms with Gasteiger partial charge in [-0.05, 0) is 44.0 Å². The van der Waals surface area contributed by atoms with Crippen LogP contribution in [-0.4, -0.2) is 50.9 Å². The Morgan fingerprint density at radius 2 is 2.00 bits per heavy atom. The van der Waals surface area contributed by atoms with Crippen molar-refractivity contribution >= 4 is 28.1 Å². The molecule has 0 radical (unpaired) electrons. The van der Waals surface area contributed by atoms with E-state index in [1.807, 2.05) is 6.92 Å². The van der Waals surface area contributed by atoms with Gasteiger partial charge in [-0.15, -0.1) is 12.4 Å². The highest BCUT2D eigenvalue weighted by molar-refractivity contribution is 7.89. The standard InChI is InChI=1S/C15H23N3O5S.ClH/c1-3-16-11-12-6-8-17(9-7-12)24(21,22)15-5-4-13(23-2)10-14(15)18(19)20;/h4-5,10,12,16H,3,6-9,11H2,1-2H3;1H. The summed E-state index contributed by atoms with van der Waals surface area (Å²) in [6, 6.07) is 3.82. The molecule has 10 heteroatoms. The van der Waals surface area contributed by atoms with Crippen LogP contribution in [0.25, 0.3) is 0 Å². The monoisotopic (exact) mass is 393 g/mol. The topological polar surface area (TPSA) is 102 Å². The van der Waals surface area contributed by atoms with Crippen LogP contribution in [0.15, 0.2) is 23.1 Å². The molecule has 0 spiro atoms. The van der Waals surface area contributed by atoms with E-state index >= 15 is 0 Å². The number of hydrogen-bond donors (Lipinski definition) is 1. The number of halogens is 1. The Morgan fingerprint density at radius 3 is 2.52 bits per heavy atom. The van der Waals surface area contributed by atoms with Gasteiger partial charge in [0.2, 0.25) is 10.0 Å². The number of benzene rings is 1. The summed E-state index contributed by atoms with van der Waals surface area (Å²) in [7, 11) is -2.51. The van der Waals surface area contributed by atoms with E-state index in [-0.39, 0.29) is 23.1 Å². The fraction of sp³-hybridized carbons (Fsp3) is 0.600. The first-order valence-electron chi connectivity index (χ1n) is 7.93. The van der Waals surface area contributed by atoms with Crippen LogP contribution in [0.3, 0.4) is 0 Å². The molecule has 1 saturated heterocycles. The number of nitro groups is 1. The normalized spacial score (nSPS) is 16.2. The lowest BCUT2D eigenvalue weighted by atomic mass is 9.98. The molecule has 0 bridgehead atoms. The summed E-state index contributed by atoms with van der Waals surface area (Å²) in [5.74, 6) is 0.687. The summed E-state index contributed by atoms with van der Waals surface area (Å²) in [6.45, 7) is 4.54. The fourth-order valence-electron chi connectivity index (χ4n) is 2.83. The lowest BCUT2D eigenvalue weighted by Crippen LogP contribution is -2.40. The van der Waals surface area contributed by atoms with E-state index in [1.165, 1.54) is 23.5 Å². The number of nitro benzene ring substituents is 1. The Kier molecular flexibility index (Phi) is 8.07. The van der Waals surface area contributed by atoms with Gasteiger partial charge in [-0.1, -0.05) is 6.92 Å². The SMILES string of the molecule is CCNCC1CCN(S(=O)(=O)c2ccc(OC)cc2[N+](=O)[O-])CC1.Cl. The fourth-order valence-corrected chi connectivity index (χ4v) is 4.43. The zero-order chi connectivity index (χ0) is 17.7. The molecule has 1 N–H and O–H groups in total. The summed E-state index contributed by atoms with van der Waals surface area (Å²) < 4.78 is 31.9. The average Bonchev–Trinajstić information content (AvgIpc) is 2.59. The number of rotatable bonds is 7. The maximum Gasteiger partial charge on any atom is 0.293 e. The first kappa shape index (κ1) is 21.6. The van der Waals surface area contributed by atoms with Crippen molar-refractivity contribution in [2.75, 3.05) is 33.3 Å². The molecule has 2 rings (SSSR count). The van der Waals surface area contributed by atoms with E-state index < -0.39 is 20.6 Å². The number of hydrogen-bond acceptors (Lipinski definition) is 6. The van der Waals surface area contributed by atoms with Crippen molar-refractivity contribution in [3.8, 4) is 5.75 Å². The molecular weight excluding hydrogens is 370 g/mol. The van der Waals surface area contributed by atoms with Crippen LogP contribution >= 0.6 is 12.4 Å². The highest BCUT2D eigenvalue weighted by Crippen LogP contribution is 2.32. The highest BCUT2D eigenvalue weighted by Gasteiger charge is 2.34. The summed E-state index contributed by atoms with van der Waals surface area (Å²) in [6.07, 6.45) is 1.49. The third kappa shape index (κ3) is 5.04. The molecule has 0 unspecified atom stereocenters. The quantitative estimate of drug-likeness (QED) is 0.561. The summed E-state index contributed by atoms with van der Waals surface area (Å²) in [5.41, 5.74) is -0.455. The second-order valence-corrected chi connectivity index (χ2v) is 7.65. The van der Waals surface area contributed by atoms with Crippen molar-refractivity contribution in [3.05, 3.63) is 28.3 Å². The van der Waals surface area contributed by atoms with Crippen molar-refractivity contribution in [1.82, 2.24) is 9.62 Å².